The maximum atomic E-state index is 10.6. The van der Waals surface area contributed by atoms with Crippen LogP contribution in [0.4, 0.5) is 0 Å². The Morgan fingerprint density at radius 1 is 1.20 bits per heavy atom. The number of halogens is 1. The molecule has 1 atom stereocenters. The molecule has 2 nitrogen and oxygen atoms in total. The molecule has 20 heavy (non-hydrogen) atoms. The first kappa shape index (κ1) is 15.8. The average molecular weight is 296 g/mol. The molecule has 3 heteroatoms. The van der Waals surface area contributed by atoms with Gasteiger partial charge in [-0.15, -0.1) is 0 Å². The summed E-state index contributed by atoms with van der Waals surface area (Å²) in [5.41, 5.74) is 0.757. The number of aliphatic hydroxyl groups is 1. The van der Waals surface area contributed by atoms with Gasteiger partial charge in [0.1, 0.15) is 0 Å². The van der Waals surface area contributed by atoms with E-state index in [9.17, 15) is 5.11 Å². The lowest BCUT2D eigenvalue weighted by Crippen LogP contribution is -2.43. The van der Waals surface area contributed by atoms with Crippen molar-refractivity contribution < 1.29 is 5.11 Å². The van der Waals surface area contributed by atoms with Gasteiger partial charge in [0.15, 0.2) is 0 Å². The number of rotatable bonds is 6. The first-order valence-corrected chi connectivity index (χ1v) is 8.22. The van der Waals surface area contributed by atoms with Crippen molar-refractivity contribution >= 4 is 11.6 Å². The molecular formula is C17H26ClNO. The van der Waals surface area contributed by atoms with Gasteiger partial charge in [-0.2, -0.15) is 0 Å². The predicted molar refractivity (Wildman–Crippen MR) is 85.1 cm³/mol. The minimum atomic E-state index is -0.503. The Balaban J connectivity index is 1.96. The highest BCUT2D eigenvalue weighted by molar-refractivity contribution is 6.30. The Kier molecular flexibility index (Phi) is 5.88. The third kappa shape index (κ3) is 4.47. The summed E-state index contributed by atoms with van der Waals surface area (Å²) in [5.74, 6) is 0. The van der Waals surface area contributed by atoms with Crippen molar-refractivity contribution in [3.63, 3.8) is 0 Å². The van der Waals surface area contributed by atoms with E-state index in [1.807, 2.05) is 12.1 Å². The zero-order chi connectivity index (χ0) is 14.4. The third-order valence-electron chi connectivity index (χ3n) is 4.31. The Morgan fingerprint density at radius 2 is 1.85 bits per heavy atom. The average Bonchev–Trinajstić information content (AvgIpc) is 2.45. The standard InChI is InChI=1S/C17H26ClNO/c1-2-6-16(14-7-9-15(18)10-8-14)19-13-17(20)11-4-3-5-12-17/h7-10,16,19-20H,2-6,11-13H2,1H3. The number of hydrogen-bond acceptors (Lipinski definition) is 2. The predicted octanol–water partition coefficient (Wildman–Crippen LogP) is 4.47. The van der Waals surface area contributed by atoms with Crippen molar-refractivity contribution in [2.45, 2.75) is 63.5 Å². The zero-order valence-corrected chi connectivity index (χ0v) is 13.1. The fourth-order valence-electron chi connectivity index (χ4n) is 3.07. The highest BCUT2D eigenvalue weighted by Gasteiger charge is 2.29. The second kappa shape index (κ2) is 7.44. The Hall–Kier alpha value is -0.570. The highest BCUT2D eigenvalue weighted by Crippen LogP contribution is 2.29. The molecule has 2 N–H and O–H groups in total. The molecular weight excluding hydrogens is 270 g/mol. The van der Waals surface area contributed by atoms with Gasteiger partial charge in [-0.25, -0.2) is 0 Å². The molecule has 0 aromatic heterocycles. The minimum Gasteiger partial charge on any atom is -0.389 e. The van der Waals surface area contributed by atoms with Crippen molar-refractivity contribution in [3.05, 3.63) is 34.9 Å². The smallest absolute Gasteiger partial charge is 0.0771 e. The maximum absolute atomic E-state index is 10.6. The van der Waals surface area contributed by atoms with Crippen LogP contribution < -0.4 is 5.32 Å². The normalized spacial score (nSPS) is 19.8. The first-order chi connectivity index (χ1) is 9.63. The minimum absolute atomic E-state index is 0.309. The van der Waals surface area contributed by atoms with Crippen molar-refractivity contribution in [2.24, 2.45) is 0 Å². The van der Waals surface area contributed by atoms with Crippen molar-refractivity contribution in [2.75, 3.05) is 6.54 Å². The molecule has 0 spiro atoms. The summed E-state index contributed by atoms with van der Waals surface area (Å²) in [7, 11) is 0. The maximum Gasteiger partial charge on any atom is 0.0771 e. The van der Waals surface area contributed by atoms with E-state index in [2.05, 4.69) is 24.4 Å². The SMILES string of the molecule is CCCC(NCC1(O)CCCCC1)c1ccc(Cl)cc1. The lowest BCUT2D eigenvalue weighted by atomic mass is 9.84. The van der Waals surface area contributed by atoms with Crippen LogP contribution in [-0.4, -0.2) is 17.3 Å². The first-order valence-electron chi connectivity index (χ1n) is 7.84. The van der Waals surface area contributed by atoms with Crippen molar-refractivity contribution in [1.29, 1.82) is 0 Å². The summed E-state index contributed by atoms with van der Waals surface area (Å²) < 4.78 is 0. The van der Waals surface area contributed by atoms with Crippen LogP contribution in [0.3, 0.4) is 0 Å². The summed E-state index contributed by atoms with van der Waals surface area (Å²) in [5, 5.41) is 14.9. The van der Waals surface area contributed by atoms with Gasteiger partial charge in [0, 0.05) is 17.6 Å². The Bertz CT molecular complexity index is 398. The largest absolute Gasteiger partial charge is 0.389 e. The summed E-state index contributed by atoms with van der Waals surface area (Å²) in [6.07, 6.45) is 7.63. The van der Waals surface area contributed by atoms with E-state index in [0.29, 0.717) is 12.6 Å². The lowest BCUT2D eigenvalue weighted by molar-refractivity contribution is 0.00234. The molecule has 2 rings (SSSR count). The summed E-state index contributed by atoms with van der Waals surface area (Å²) in [4.78, 5) is 0. The van der Waals surface area contributed by atoms with Gasteiger partial charge in [0.05, 0.1) is 5.60 Å². The molecule has 1 aliphatic carbocycles. The lowest BCUT2D eigenvalue weighted by Gasteiger charge is -2.34. The van der Waals surface area contributed by atoms with Crippen LogP contribution in [-0.2, 0) is 0 Å². The van der Waals surface area contributed by atoms with Gasteiger partial charge < -0.3 is 10.4 Å². The monoisotopic (exact) mass is 295 g/mol. The van der Waals surface area contributed by atoms with Gasteiger partial charge in [0.25, 0.3) is 0 Å². The van der Waals surface area contributed by atoms with E-state index in [1.165, 1.54) is 12.0 Å². The zero-order valence-electron chi connectivity index (χ0n) is 12.4. The van der Waals surface area contributed by atoms with Crippen molar-refractivity contribution in [1.82, 2.24) is 5.32 Å². The van der Waals surface area contributed by atoms with E-state index < -0.39 is 5.60 Å². The molecule has 0 heterocycles. The Labute approximate surface area is 127 Å². The van der Waals surface area contributed by atoms with E-state index in [-0.39, 0.29) is 0 Å². The molecule has 112 valence electrons. The summed E-state index contributed by atoms with van der Waals surface area (Å²) in [6.45, 7) is 2.89. The molecule has 1 aliphatic rings. The number of nitrogens with one attached hydrogen (secondary N) is 1. The van der Waals surface area contributed by atoms with Crippen LogP contribution >= 0.6 is 11.6 Å². The van der Waals surface area contributed by atoms with Crippen molar-refractivity contribution in [3.8, 4) is 0 Å². The van der Waals surface area contributed by atoms with Crippen LogP contribution in [0.5, 0.6) is 0 Å². The van der Waals surface area contributed by atoms with Gasteiger partial charge >= 0.3 is 0 Å². The molecule has 0 saturated heterocycles. The highest BCUT2D eigenvalue weighted by atomic mass is 35.5. The Morgan fingerprint density at radius 3 is 2.45 bits per heavy atom. The molecule has 0 amide bonds. The van der Waals surface area contributed by atoms with Gasteiger partial charge in [-0.05, 0) is 37.0 Å². The van der Waals surface area contributed by atoms with Crippen LogP contribution in [0.1, 0.15) is 63.5 Å². The van der Waals surface area contributed by atoms with Crippen LogP contribution in [0.25, 0.3) is 0 Å². The summed E-state index contributed by atoms with van der Waals surface area (Å²) in [6, 6.07) is 8.36. The van der Waals surface area contributed by atoms with Gasteiger partial charge in [-0.1, -0.05) is 56.3 Å². The van der Waals surface area contributed by atoms with E-state index >= 15 is 0 Å². The second-order valence-corrected chi connectivity index (χ2v) is 6.50. The van der Waals surface area contributed by atoms with Crippen LogP contribution in [0.2, 0.25) is 5.02 Å². The molecule has 1 saturated carbocycles. The molecule has 0 radical (unpaired) electrons. The van der Waals surface area contributed by atoms with Crippen LogP contribution in [0.15, 0.2) is 24.3 Å². The third-order valence-corrected chi connectivity index (χ3v) is 4.56. The molecule has 1 fully saturated rings. The fraction of sp³-hybridized carbons (Fsp3) is 0.647. The van der Waals surface area contributed by atoms with E-state index in [0.717, 1.165) is 43.5 Å². The fourth-order valence-corrected chi connectivity index (χ4v) is 3.20. The number of hydrogen-bond donors (Lipinski definition) is 2. The molecule has 0 bridgehead atoms. The quantitative estimate of drug-likeness (QED) is 0.812. The topological polar surface area (TPSA) is 32.3 Å². The molecule has 1 unspecified atom stereocenters. The number of benzene rings is 1. The molecule has 1 aromatic rings. The molecule has 1 aromatic carbocycles. The van der Waals surface area contributed by atoms with E-state index in [1.54, 1.807) is 0 Å². The van der Waals surface area contributed by atoms with Gasteiger partial charge in [-0.3, -0.25) is 0 Å². The second-order valence-electron chi connectivity index (χ2n) is 6.06. The van der Waals surface area contributed by atoms with Gasteiger partial charge in [0.2, 0.25) is 0 Å². The molecule has 0 aliphatic heterocycles. The van der Waals surface area contributed by atoms with E-state index in [4.69, 9.17) is 11.6 Å². The summed E-state index contributed by atoms with van der Waals surface area (Å²) >= 11 is 5.95. The van der Waals surface area contributed by atoms with Crippen LogP contribution in [0, 0.1) is 0 Å².